The van der Waals surface area contributed by atoms with Gasteiger partial charge in [0, 0.05) is 0 Å². The number of rotatable bonds is 12. The number of carbonyl (C=O) groups excluding carboxylic acids is 1. The van der Waals surface area contributed by atoms with Crippen LogP contribution >= 0.6 is 0 Å². The third-order valence-corrected chi connectivity index (χ3v) is 6.21. The van der Waals surface area contributed by atoms with Gasteiger partial charge < -0.3 is 9.47 Å². The molecule has 0 N–H and O–H groups in total. The van der Waals surface area contributed by atoms with Crippen molar-refractivity contribution in [3.63, 3.8) is 0 Å². The van der Waals surface area contributed by atoms with Crippen molar-refractivity contribution in [3.8, 4) is 23.6 Å². The Hall–Kier alpha value is -2.53. The first kappa shape index (κ1) is 24.7. The van der Waals surface area contributed by atoms with E-state index in [0.717, 1.165) is 44.9 Å². The number of benzene rings is 1. The lowest BCUT2D eigenvalue weighted by Gasteiger charge is -2.27. The van der Waals surface area contributed by atoms with Crippen LogP contribution in [0.2, 0.25) is 0 Å². The van der Waals surface area contributed by atoms with Gasteiger partial charge in [0.1, 0.15) is 34.8 Å². The Labute approximate surface area is 187 Å². The van der Waals surface area contributed by atoms with E-state index in [1.165, 1.54) is 32.1 Å². The van der Waals surface area contributed by atoms with Crippen molar-refractivity contribution < 1.29 is 14.3 Å². The van der Waals surface area contributed by atoms with Crippen LogP contribution in [0.1, 0.15) is 102 Å². The normalized spacial score (nSPS) is 18.1. The molecule has 1 saturated carbocycles. The molecule has 168 valence electrons. The molecule has 0 aliphatic heterocycles. The predicted octanol–water partition coefficient (Wildman–Crippen LogP) is 6.68. The fourth-order valence-electron chi connectivity index (χ4n) is 4.26. The molecular weight excluding hydrogens is 388 g/mol. The number of esters is 1. The SMILES string of the molecule is CCCCCCC1CCC(C(=O)Oc2ccc(OCCCCC)c(C#N)c2C#N)CC1. The Morgan fingerprint density at radius 1 is 0.903 bits per heavy atom. The molecule has 0 aromatic heterocycles. The summed E-state index contributed by atoms with van der Waals surface area (Å²) < 4.78 is 11.3. The van der Waals surface area contributed by atoms with Crippen molar-refractivity contribution in [2.75, 3.05) is 6.61 Å². The number of hydrogen-bond donors (Lipinski definition) is 0. The summed E-state index contributed by atoms with van der Waals surface area (Å²) in [5.74, 6) is 0.825. The van der Waals surface area contributed by atoms with Gasteiger partial charge >= 0.3 is 5.97 Å². The third-order valence-electron chi connectivity index (χ3n) is 6.21. The Balaban J connectivity index is 1.94. The van der Waals surface area contributed by atoms with Crippen molar-refractivity contribution >= 4 is 5.97 Å². The summed E-state index contributed by atoms with van der Waals surface area (Å²) in [5, 5.41) is 19.1. The monoisotopic (exact) mass is 424 g/mol. The van der Waals surface area contributed by atoms with Crippen LogP contribution in [0.4, 0.5) is 0 Å². The van der Waals surface area contributed by atoms with Crippen molar-refractivity contribution in [2.24, 2.45) is 11.8 Å². The third kappa shape index (κ3) is 7.59. The smallest absolute Gasteiger partial charge is 0.314 e. The number of carbonyl (C=O) groups is 1. The molecule has 1 aromatic carbocycles. The number of nitriles is 2. The highest BCUT2D eigenvalue weighted by Gasteiger charge is 2.28. The first-order valence-electron chi connectivity index (χ1n) is 12.0. The first-order valence-corrected chi connectivity index (χ1v) is 12.0. The van der Waals surface area contributed by atoms with Gasteiger partial charge in [0.15, 0.2) is 0 Å². The Bertz CT molecular complexity index is 783. The topological polar surface area (TPSA) is 83.1 Å². The summed E-state index contributed by atoms with van der Waals surface area (Å²) >= 11 is 0. The van der Waals surface area contributed by atoms with E-state index in [4.69, 9.17) is 9.47 Å². The molecule has 2 rings (SSSR count). The average molecular weight is 425 g/mol. The van der Waals surface area contributed by atoms with Crippen LogP contribution < -0.4 is 9.47 Å². The second-order valence-electron chi connectivity index (χ2n) is 8.58. The second kappa shape index (κ2) is 13.7. The molecule has 5 heteroatoms. The largest absolute Gasteiger partial charge is 0.492 e. The highest BCUT2D eigenvalue weighted by Crippen LogP contribution is 2.35. The summed E-state index contributed by atoms with van der Waals surface area (Å²) in [6.45, 7) is 4.83. The molecule has 0 radical (unpaired) electrons. The van der Waals surface area contributed by atoms with Gasteiger partial charge in [0.25, 0.3) is 0 Å². The molecule has 0 unspecified atom stereocenters. The molecule has 5 nitrogen and oxygen atoms in total. The molecule has 1 aromatic rings. The van der Waals surface area contributed by atoms with Gasteiger partial charge in [0.05, 0.1) is 12.5 Å². The molecule has 0 atom stereocenters. The zero-order valence-electron chi connectivity index (χ0n) is 19.1. The molecule has 1 fully saturated rings. The lowest BCUT2D eigenvalue weighted by Crippen LogP contribution is -2.26. The molecule has 0 heterocycles. The summed E-state index contributed by atoms with van der Waals surface area (Å²) in [6, 6.07) is 7.27. The van der Waals surface area contributed by atoms with Gasteiger partial charge in [-0.3, -0.25) is 4.79 Å². The molecule has 1 aliphatic rings. The lowest BCUT2D eigenvalue weighted by molar-refractivity contribution is -0.140. The molecule has 1 aliphatic carbocycles. The quantitative estimate of drug-likeness (QED) is 0.212. The zero-order valence-corrected chi connectivity index (χ0v) is 19.1. The highest BCUT2D eigenvalue weighted by molar-refractivity contribution is 5.77. The van der Waals surface area contributed by atoms with Crippen LogP contribution in [-0.4, -0.2) is 12.6 Å². The number of unbranched alkanes of at least 4 members (excludes halogenated alkanes) is 5. The maximum absolute atomic E-state index is 12.7. The van der Waals surface area contributed by atoms with E-state index in [2.05, 4.69) is 13.8 Å². The summed E-state index contributed by atoms with van der Waals surface area (Å²) in [4.78, 5) is 12.7. The van der Waals surface area contributed by atoms with Gasteiger partial charge in [0.2, 0.25) is 0 Å². The van der Waals surface area contributed by atoms with E-state index < -0.39 is 0 Å². The predicted molar refractivity (Wildman–Crippen MR) is 121 cm³/mol. The molecule has 31 heavy (non-hydrogen) atoms. The van der Waals surface area contributed by atoms with Crippen LogP contribution in [0.5, 0.6) is 11.5 Å². The Morgan fingerprint density at radius 2 is 1.52 bits per heavy atom. The van der Waals surface area contributed by atoms with Gasteiger partial charge in [-0.1, -0.05) is 58.8 Å². The number of ether oxygens (including phenoxy) is 2. The van der Waals surface area contributed by atoms with Gasteiger partial charge in [-0.05, 0) is 50.2 Å². The van der Waals surface area contributed by atoms with Crippen LogP contribution in [-0.2, 0) is 4.79 Å². The number of nitrogens with zero attached hydrogens (tertiary/aromatic N) is 2. The minimum absolute atomic E-state index is 0.0773. The molecular formula is C26H36N2O3. The Kier molecular flexibility index (Phi) is 10.9. The van der Waals surface area contributed by atoms with Crippen LogP contribution in [0.3, 0.4) is 0 Å². The number of hydrogen-bond acceptors (Lipinski definition) is 5. The fraction of sp³-hybridized carbons (Fsp3) is 0.654. The van der Waals surface area contributed by atoms with Crippen molar-refractivity contribution in [2.45, 2.75) is 90.9 Å². The molecule has 0 spiro atoms. The van der Waals surface area contributed by atoms with E-state index in [9.17, 15) is 15.3 Å². The standard InChI is InChI=1S/C26H36N2O3/c1-3-5-7-8-10-20-11-13-21(14-12-20)26(29)31-25-16-15-24(30-17-9-6-4-2)22(18-27)23(25)19-28/h15-16,20-21H,3-14,17H2,1-2H3. The maximum Gasteiger partial charge on any atom is 0.314 e. The van der Waals surface area contributed by atoms with Crippen LogP contribution in [0.15, 0.2) is 12.1 Å². The zero-order chi connectivity index (χ0) is 22.5. The summed E-state index contributed by atoms with van der Waals surface area (Å²) in [6.07, 6.45) is 13.2. The first-order chi connectivity index (χ1) is 15.1. The van der Waals surface area contributed by atoms with Gasteiger partial charge in [-0.15, -0.1) is 0 Å². The van der Waals surface area contributed by atoms with Gasteiger partial charge in [-0.25, -0.2) is 0 Å². The fourth-order valence-corrected chi connectivity index (χ4v) is 4.26. The average Bonchev–Trinajstić information content (AvgIpc) is 2.80. The lowest BCUT2D eigenvalue weighted by atomic mass is 9.80. The van der Waals surface area contributed by atoms with E-state index in [-0.39, 0.29) is 28.8 Å². The van der Waals surface area contributed by atoms with E-state index >= 15 is 0 Å². The van der Waals surface area contributed by atoms with E-state index in [1.54, 1.807) is 12.1 Å². The van der Waals surface area contributed by atoms with E-state index in [0.29, 0.717) is 18.3 Å². The Morgan fingerprint density at radius 3 is 2.16 bits per heavy atom. The molecule has 0 bridgehead atoms. The van der Waals surface area contributed by atoms with E-state index in [1.807, 2.05) is 12.1 Å². The minimum atomic E-state index is -0.290. The maximum atomic E-state index is 12.7. The summed E-state index contributed by atoms with van der Waals surface area (Å²) in [5.41, 5.74) is 0.216. The second-order valence-corrected chi connectivity index (χ2v) is 8.58. The molecule has 0 amide bonds. The van der Waals surface area contributed by atoms with Crippen molar-refractivity contribution in [3.05, 3.63) is 23.3 Å². The minimum Gasteiger partial charge on any atom is -0.492 e. The van der Waals surface area contributed by atoms with Crippen LogP contribution in [0, 0.1) is 34.5 Å². The van der Waals surface area contributed by atoms with Gasteiger partial charge in [-0.2, -0.15) is 10.5 Å². The van der Waals surface area contributed by atoms with Crippen LogP contribution in [0.25, 0.3) is 0 Å². The molecule has 0 saturated heterocycles. The highest BCUT2D eigenvalue weighted by atomic mass is 16.5. The van der Waals surface area contributed by atoms with Crippen molar-refractivity contribution in [1.82, 2.24) is 0 Å². The summed E-state index contributed by atoms with van der Waals surface area (Å²) in [7, 11) is 0. The van der Waals surface area contributed by atoms with Crippen molar-refractivity contribution in [1.29, 1.82) is 10.5 Å².